The third-order valence-electron chi connectivity index (χ3n) is 2.23. The average Bonchev–Trinajstić information content (AvgIpc) is 2.84. The first-order chi connectivity index (χ1) is 7.29. The van der Waals surface area contributed by atoms with Crippen molar-refractivity contribution in [3.05, 3.63) is 29.3 Å². The predicted octanol–water partition coefficient (Wildman–Crippen LogP) is 2.05. The zero-order valence-electron chi connectivity index (χ0n) is 8.90. The Labute approximate surface area is 93.0 Å². The number of nitrogens with zero attached hydrogens (tertiary/aromatic N) is 3. The second-order valence-corrected chi connectivity index (χ2v) is 4.16. The van der Waals surface area contributed by atoms with Gasteiger partial charge in [-0.15, -0.1) is 11.3 Å². The SMILES string of the molecule is CCc1csc(NCc2nccn2C)n1. The largest absolute Gasteiger partial charge is 0.354 e. The summed E-state index contributed by atoms with van der Waals surface area (Å²) in [5.74, 6) is 1.02. The van der Waals surface area contributed by atoms with E-state index in [1.165, 1.54) is 0 Å². The maximum Gasteiger partial charge on any atom is 0.183 e. The van der Waals surface area contributed by atoms with Crippen LogP contribution in [0.5, 0.6) is 0 Å². The van der Waals surface area contributed by atoms with Gasteiger partial charge in [-0.1, -0.05) is 6.92 Å². The van der Waals surface area contributed by atoms with Gasteiger partial charge in [-0.3, -0.25) is 0 Å². The van der Waals surface area contributed by atoms with Gasteiger partial charge in [0, 0.05) is 24.8 Å². The fraction of sp³-hybridized carbons (Fsp3) is 0.400. The van der Waals surface area contributed by atoms with E-state index in [1.54, 1.807) is 17.5 Å². The lowest BCUT2D eigenvalue weighted by atomic mass is 10.4. The van der Waals surface area contributed by atoms with E-state index in [4.69, 9.17) is 0 Å². The molecule has 0 atom stereocenters. The van der Waals surface area contributed by atoms with E-state index in [0.29, 0.717) is 0 Å². The molecule has 0 spiro atoms. The van der Waals surface area contributed by atoms with E-state index in [-0.39, 0.29) is 0 Å². The number of rotatable bonds is 4. The van der Waals surface area contributed by atoms with Crippen molar-refractivity contribution in [3.8, 4) is 0 Å². The van der Waals surface area contributed by atoms with E-state index in [2.05, 4.69) is 27.6 Å². The van der Waals surface area contributed by atoms with Crippen molar-refractivity contribution in [2.24, 2.45) is 7.05 Å². The van der Waals surface area contributed by atoms with Gasteiger partial charge in [-0.2, -0.15) is 0 Å². The summed E-state index contributed by atoms with van der Waals surface area (Å²) in [4.78, 5) is 8.66. The van der Waals surface area contributed by atoms with E-state index < -0.39 is 0 Å². The van der Waals surface area contributed by atoms with Crippen LogP contribution in [0.4, 0.5) is 5.13 Å². The van der Waals surface area contributed by atoms with Crippen LogP contribution >= 0.6 is 11.3 Å². The van der Waals surface area contributed by atoms with Gasteiger partial charge in [0.25, 0.3) is 0 Å². The van der Waals surface area contributed by atoms with Crippen LogP contribution in [0.1, 0.15) is 18.4 Å². The highest BCUT2D eigenvalue weighted by atomic mass is 32.1. The molecule has 80 valence electrons. The first-order valence-electron chi connectivity index (χ1n) is 4.94. The number of aryl methyl sites for hydroxylation is 2. The number of anilines is 1. The standard InChI is InChI=1S/C10H14N4S/c1-3-8-7-15-10(13-8)12-6-9-11-4-5-14(9)2/h4-5,7H,3,6H2,1-2H3,(H,12,13). The molecule has 0 aliphatic rings. The molecule has 0 amide bonds. The molecule has 0 bridgehead atoms. The lowest BCUT2D eigenvalue weighted by Crippen LogP contribution is -2.05. The summed E-state index contributed by atoms with van der Waals surface area (Å²) in [7, 11) is 1.99. The number of imidazole rings is 1. The normalized spacial score (nSPS) is 10.5. The topological polar surface area (TPSA) is 42.7 Å². The van der Waals surface area contributed by atoms with Gasteiger partial charge in [0.2, 0.25) is 0 Å². The van der Waals surface area contributed by atoms with E-state index in [1.807, 2.05) is 17.8 Å². The molecule has 0 radical (unpaired) electrons. The molecule has 0 aliphatic heterocycles. The fourth-order valence-corrected chi connectivity index (χ4v) is 2.06. The minimum absolute atomic E-state index is 0.722. The number of nitrogens with one attached hydrogen (secondary N) is 1. The van der Waals surface area contributed by atoms with E-state index >= 15 is 0 Å². The molecular formula is C10H14N4S. The van der Waals surface area contributed by atoms with Crippen LogP contribution in [-0.2, 0) is 20.0 Å². The van der Waals surface area contributed by atoms with Gasteiger partial charge in [-0.05, 0) is 6.42 Å². The van der Waals surface area contributed by atoms with Crippen LogP contribution in [0.25, 0.3) is 0 Å². The molecule has 5 heteroatoms. The third-order valence-corrected chi connectivity index (χ3v) is 3.08. The van der Waals surface area contributed by atoms with Crippen molar-refractivity contribution >= 4 is 16.5 Å². The van der Waals surface area contributed by atoms with Gasteiger partial charge in [0.05, 0.1) is 12.2 Å². The Kier molecular flexibility index (Phi) is 3.01. The molecule has 0 fully saturated rings. The summed E-state index contributed by atoms with van der Waals surface area (Å²) in [5.41, 5.74) is 1.14. The van der Waals surface area contributed by atoms with Crippen LogP contribution < -0.4 is 5.32 Å². The molecule has 1 N–H and O–H groups in total. The molecule has 0 saturated carbocycles. The molecule has 4 nitrogen and oxygen atoms in total. The molecule has 2 heterocycles. The number of hydrogen-bond acceptors (Lipinski definition) is 4. The Morgan fingerprint density at radius 3 is 3.00 bits per heavy atom. The van der Waals surface area contributed by atoms with Crippen molar-refractivity contribution in [2.45, 2.75) is 19.9 Å². The highest BCUT2D eigenvalue weighted by molar-refractivity contribution is 7.13. The van der Waals surface area contributed by atoms with Crippen molar-refractivity contribution in [1.82, 2.24) is 14.5 Å². The quantitative estimate of drug-likeness (QED) is 0.861. The van der Waals surface area contributed by atoms with Gasteiger partial charge in [0.1, 0.15) is 5.82 Å². The Morgan fingerprint density at radius 1 is 1.53 bits per heavy atom. The average molecular weight is 222 g/mol. The highest BCUT2D eigenvalue weighted by Crippen LogP contribution is 2.16. The summed E-state index contributed by atoms with van der Waals surface area (Å²) in [6.07, 6.45) is 4.73. The van der Waals surface area contributed by atoms with E-state index in [9.17, 15) is 0 Å². The van der Waals surface area contributed by atoms with Crippen molar-refractivity contribution in [3.63, 3.8) is 0 Å². The van der Waals surface area contributed by atoms with Crippen molar-refractivity contribution in [1.29, 1.82) is 0 Å². The smallest absolute Gasteiger partial charge is 0.183 e. The van der Waals surface area contributed by atoms with Crippen LogP contribution in [0.3, 0.4) is 0 Å². The number of aromatic nitrogens is 3. The summed E-state index contributed by atoms with van der Waals surface area (Å²) in [6.45, 7) is 2.83. The number of thiazole rings is 1. The van der Waals surface area contributed by atoms with Crippen molar-refractivity contribution < 1.29 is 0 Å². The van der Waals surface area contributed by atoms with Crippen molar-refractivity contribution in [2.75, 3.05) is 5.32 Å². The first-order valence-corrected chi connectivity index (χ1v) is 5.82. The monoisotopic (exact) mass is 222 g/mol. The summed E-state index contributed by atoms with van der Waals surface area (Å²) < 4.78 is 2.00. The summed E-state index contributed by atoms with van der Waals surface area (Å²) in [6, 6.07) is 0. The molecule has 2 aromatic rings. The third kappa shape index (κ3) is 2.36. The molecule has 0 saturated heterocycles. The molecule has 15 heavy (non-hydrogen) atoms. The van der Waals surface area contributed by atoms with Crippen LogP contribution in [0.15, 0.2) is 17.8 Å². The van der Waals surface area contributed by atoms with Gasteiger partial charge < -0.3 is 9.88 Å². The second kappa shape index (κ2) is 4.44. The molecule has 0 aromatic carbocycles. The number of hydrogen-bond donors (Lipinski definition) is 1. The molecule has 0 unspecified atom stereocenters. The molecular weight excluding hydrogens is 208 g/mol. The second-order valence-electron chi connectivity index (χ2n) is 3.31. The highest BCUT2D eigenvalue weighted by Gasteiger charge is 2.02. The Bertz CT molecular complexity index is 432. The summed E-state index contributed by atoms with van der Waals surface area (Å²) >= 11 is 1.64. The lowest BCUT2D eigenvalue weighted by molar-refractivity contribution is 0.812. The Hall–Kier alpha value is -1.36. The molecule has 0 aliphatic carbocycles. The minimum atomic E-state index is 0.722. The van der Waals surface area contributed by atoms with Crippen LogP contribution in [0, 0.1) is 0 Å². The molecule has 2 aromatic heterocycles. The zero-order valence-corrected chi connectivity index (χ0v) is 9.71. The maximum atomic E-state index is 4.43. The maximum absolute atomic E-state index is 4.43. The van der Waals surface area contributed by atoms with Crippen LogP contribution in [0.2, 0.25) is 0 Å². The van der Waals surface area contributed by atoms with Gasteiger partial charge >= 0.3 is 0 Å². The molecule has 2 rings (SSSR count). The first kappa shape index (κ1) is 10.2. The Morgan fingerprint density at radius 2 is 2.40 bits per heavy atom. The summed E-state index contributed by atoms with van der Waals surface area (Å²) in [5, 5.41) is 6.32. The lowest BCUT2D eigenvalue weighted by Gasteiger charge is -2.02. The van der Waals surface area contributed by atoms with Gasteiger partial charge in [0.15, 0.2) is 5.13 Å². The Balaban J connectivity index is 1.96. The predicted molar refractivity (Wildman–Crippen MR) is 62.0 cm³/mol. The van der Waals surface area contributed by atoms with Crippen LogP contribution in [-0.4, -0.2) is 14.5 Å². The minimum Gasteiger partial charge on any atom is -0.354 e. The fourth-order valence-electron chi connectivity index (χ4n) is 1.27. The zero-order chi connectivity index (χ0) is 10.7. The van der Waals surface area contributed by atoms with E-state index in [0.717, 1.165) is 29.6 Å². The van der Waals surface area contributed by atoms with Gasteiger partial charge in [-0.25, -0.2) is 9.97 Å².